The first-order chi connectivity index (χ1) is 14.0. The lowest BCUT2D eigenvalue weighted by molar-refractivity contribution is -0.135. The molecule has 170 valence electrons. The second kappa shape index (κ2) is 12.1. The molecule has 2 aliphatic rings. The molecule has 1 aromatic carbocycles. The van der Waals surface area contributed by atoms with Gasteiger partial charge in [0.15, 0.2) is 5.96 Å². The Morgan fingerprint density at radius 3 is 2.60 bits per heavy atom. The number of benzene rings is 1. The molecule has 2 unspecified atom stereocenters. The third-order valence-electron chi connectivity index (χ3n) is 6.09. The lowest BCUT2D eigenvalue weighted by Crippen LogP contribution is -2.56. The molecule has 2 atom stereocenters. The quantitative estimate of drug-likeness (QED) is 0.242. The molecule has 2 saturated heterocycles. The molecule has 2 aliphatic heterocycles. The van der Waals surface area contributed by atoms with E-state index in [1.807, 2.05) is 0 Å². The van der Waals surface area contributed by atoms with Gasteiger partial charge in [0, 0.05) is 45.7 Å². The average molecular weight is 538 g/mol. The van der Waals surface area contributed by atoms with Crippen LogP contribution in [0.2, 0.25) is 0 Å². The van der Waals surface area contributed by atoms with Crippen LogP contribution in [0.1, 0.15) is 44.1 Å². The molecule has 0 radical (unpaired) electrons. The van der Waals surface area contributed by atoms with Crippen molar-refractivity contribution in [3.8, 4) is 0 Å². The second-order valence-corrected chi connectivity index (χ2v) is 8.21. The molecule has 0 saturated carbocycles. The van der Waals surface area contributed by atoms with Gasteiger partial charge in [-0.05, 0) is 50.1 Å². The molecule has 0 aromatic heterocycles. The molecule has 2 heterocycles. The van der Waals surface area contributed by atoms with Crippen LogP contribution in [0.25, 0.3) is 0 Å². The van der Waals surface area contributed by atoms with Gasteiger partial charge in [-0.25, -0.2) is 0 Å². The molecule has 0 spiro atoms. The van der Waals surface area contributed by atoms with Gasteiger partial charge in [-0.1, -0.05) is 30.3 Å². The zero-order valence-corrected chi connectivity index (χ0v) is 20.0. The zero-order chi connectivity index (χ0) is 20.7. The van der Waals surface area contributed by atoms with Gasteiger partial charge >= 0.3 is 6.18 Å². The van der Waals surface area contributed by atoms with Gasteiger partial charge in [-0.3, -0.25) is 9.89 Å². The predicted octanol–water partition coefficient (Wildman–Crippen LogP) is 4.90. The lowest BCUT2D eigenvalue weighted by atomic mass is 9.83. The van der Waals surface area contributed by atoms with Crippen molar-refractivity contribution in [3.63, 3.8) is 0 Å². The van der Waals surface area contributed by atoms with Crippen molar-refractivity contribution >= 4 is 29.9 Å². The molecule has 8 heteroatoms. The maximum Gasteiger partial charge on any atom is 0.389 e. The zero-order valence-electron chi connectivity index (χ0n) is 17.7. The van der Waals surface area contributed by atoms with Crippen LogP contribution < -0.4 is 5.32 Å². The third-order valence-corrected chi connectivity index (χ3v) is 6.09. The Balaban J connectivity index is 0.00000320. The van der Waals surface area contributed by atoms with Gasteiger partial charge in [0.25, 0.3) is 0 Å². The Kier molecular flexibility index (Phi) is 10.2. The first-order valence-corrected chi connectivity index (χ1v) is 10.8. The number of hydrogen-bond acceptors (Lipinski definition) is 2. The Bertz CT molecular complexity index is 654. The van der Waals surface area contributed by atoms with E-state index < -0.39 is 12.6 Å². The second-order valence-electron chi connectivity index (χ2n) is 8.21. The Labute approximate surface area is 195 Å². The van der Waals surface area contributed by atoms with Gasteiger partial charge in [0.05, 0.1) is 0 Å². The number of halogens is 4. The molecule has 30 heavy (non-hydrogen) atoms. The summed E-state index contributed by atoms with van der Waals surface area (Å²) in [6.07, 6.45) is -0.559. The number of aliphatic imine (C=N–C) groups is 1. The first-order valence-electron chi connectivity index (χ1n) is 10.8. The van der Waals surface area contributed by atoms with E-state index >= 15 is 0 Å². The molecule has 1 aromatic rings. The maximum atomic E-state index is 12.3. The lowest BCUT2D eigenvalue weighted by Gasteiger charge is -2.48. The average Bonchev–Trinajstić information content (AvgIpc) is 2.70. The topological polar surface area (TPSA) is 30.9 Å². The number of nitrogens with one attached hydrogen (secondary N) is 1. The Morgan fingerprint density at radius 1 is 1.13 bits per heavy atom. The minimum Gasteiger partial charge on any atom is -0.356 e. The largest absolute Gasteiger partial charge is 0.389 e. The summed E-state index contributed by atoms with van der Waals surface area (Å²) in [5.41, 5.74) is 1.37. The van der Waals surface area contributed by atoms with Gasteiger partial charge in [-0.15, -0.1) is 24.0 Å². The van der Waals surface area contributed by atoms with Crippen molar-refractivity contribution < 1.29 is 13.2 Å². The minimum atomic E-state index is -4.06. The molecular weight excluding hydrogens is 504 g/mol. The van der Waals surface area contributed by atoms with E-state index in [0.717, 1.165) is 38.6 Å². The molecule has 0 amide bonds. The number of piperidine rings is 2. The fraction of sp³-hybridized carbons (Fsp3) is 0.682. The summed E-state index contributed by atoms with van der Waals surface area (Å²) < 4.78 is 36.8. The van der Waals surface area contributed by atoms with Gasteiger partial charge in [-0.2, -0.15) is 13.2 Å². The summed E-state index contributed by atoms with van der Waals surface area (Å²) in [7, 11) is 1.76. The van der Waals surface area contributed by atoms with Crippen LogP contribution in [0.15, 0.2) is 35.3 Å². The van der Waals surface area contributed by atoms with Gasteiger partial charge in [0.2, 0.25) is 0 Å². The molecular formula is C22H34F3IN4. The minimum absolute atomic E-state index is 0. The summed E-state index contributed by atoms with van der Waals surface area (Å²) in [6, 6.07) is 11.3. The Morgan fingerprint density at radius 2 is 1.90 bits per heavy atom. The molecule has 3 rings (SSSR count). The maximum absolute atomic E-state index is 12.3. The highest BCUT2D eigenvalue weighted by molar-refractivity contribution is 14.0. The number of guanidine groups is 1. The van der Waals surface area contributed by atoms with Crippen LogP contribution in [-0.2, 0) is 6.54 Å². The van der Waals surface area contributed by atoms with E-state index in [1.165, 1.54) is 18.4 Å². The van der Waals surface area contributed by atoms with Crippen molar-refractivity contribution in [2.45, 2.75) is 57.3 Å². The summed E-state index contributed by atoms with van der Waals surface area (Å²) in [5.74, 6) is 1.45. The van der Waals surface area contributed by atoms with Gasteiger partial charge in [0.1, 0.15) is 0 Å². The standard InChI is InChI=1S/C22H33F3N4.HI/c1-26-21(27-13-6-5-12-22(23,24)25)29-15-11-20-19(17-29)10-7-14-28(20)16-18-8-3-2-4-9-18;/h2-4,8-9,19-20H,5-7,10-17H2,1H3,(H,26,27);1H. The highest BCUT2D eigenvalue weighted by atomic mass is 127. The number of alkyl halides is 3. The molecule has 4 nitrogen and oxygen atoms in total. The molecule has 2 fully saturated rings. The number of unbranched alkanes of at least 4 members (excludes halogenated alkanes) is 1. The van der Waals surface area contributed by atoms with Crippen molar-refractivity contribution in [3.05, 3.63) is 35.9 Å². The van der Waals surface area contributed by atoms with Crippen molar-refractivity contribution in [2.24, 2.45) is 10.9 Å². The predicted molar refractivity (Wildman–Crippen MR) is 126 cm³/mol. The Hall–Kier alpha value is -1.03. The van der Waals surface area contributed by atoms with E-state index in [1.54, 1.807) is 7.05 Å². The first kappa shape index (κ1) is 25.2. The van der Waals surface area contributed by atoms with Crippen LogP contribution in [0.4, 0.5) is 13.2 Å². The van der Waals surface area contributed by atoms with Crippen molar-refractivity contribution in [2.75, 3.05) is 33.2 Å². The molecule has 1 N–H and O–H groups in total. The highest BCUT2D eigenvalue weighted by Gasteiger charge is 2.36. The van der Waals surface area contributed by atoms with E-state index in [0.29, 0.717) is 24.9 Å². The molecule has 0 bridgehead atoms. The smallest absolute Gasteiger partial charge is 0.356 e. The SMILES string of the molecule is CN=C(NCCCCC(F)(F)F)N1CCC2C(CCCN2Cc2ccccc2)C1.I. The van der Waals surface area contributed by atoms with Crippen molar-refractivity contribution in [1.82, 2.24) is 15.1 Å². The van der Waals surface area contributed by atoms with Crippen LogP contribution in [0.3, 0.4) is 0 Å². The third kappa shape index (κ3) is 7.59. The normalized spacial score (nSPS) is 22.9. The summed E-state index contributed by atoms with van der Waals surface area (Å²) >= 11 is 0. The summed E-state index contributed by atoms with van der Waals surface area (Å²) in [4.78, 5) is 9.30. The fourth-order valence-electron chi connectivity index (χ4n) is 4.70. The van der Waals surface area contributed by atoms with E-state index in [-0.39, 0.29) is 30.4 Å². The van der Waals surface area contributed by atoms with Crippen LogP contribution in [0, 0.1) is 5.92 Å². The van der Waals surface area contributed by atoms with E-state index in [9.17, 15) is 13.2 Å². The van der Waals surface area contributed by atoms with Gasteiger partial charge < -0.3 is 10.2 Å². The number of fused-ring (bicyclic) bond motifs is 1. The summed E-state index contributed by atoms with van der Waals surface area (Å²) in [5, 5.41) is 3.27. The van der Waals surface area contributed by atoms with Crippen LogP contribution in [-0.4, -0.2) is 61.2 Å². The van der Waals surface area contributed by atoms with E-state index in [2.05, 4.69) is 50.4 Å². The van der Waals surface area contributed by atoms with Crippen LogP contribution in [0.5, 0.6) is 0 Å². The number of nitrogens with zero attached hydrogens (tertiary/aromatic N) is 3. The van der Waals surface area contributed by atoms with E-state index in [4.69, 9.17) is 0 Å². The van der Waals surface area contributed by atoms with Crippen LogP contribution >= 0.6 is 24.0 Å². The monoisotopic (exact) mass is 538 g/mol. The highest BCUT2D eigenvalue weighted by Crippen LogP contribution is 2.31. The number of likely N-dealkylation sites (tertiary alicyclic amines) is 2. The van der Waals surface area contributed by atoms with Crippen molar-refractivity contribution in [1.29, 1.82) is 0 Å². The number of hydrogen-bond donors (Lipinski definition) is 1. The molecule has 0 aliphatic carbocycles. The fourth-order valence-corrected chi connectivity index (χ4v) is 4.70. The summed E-state index contributed by atoms with van der Waals surface area (Å²) in [6.45, 7) is 4.61. The number of rotatable bonds is 6.